The third-order valence-corrected chi connectivity index (χ3v) is 3.37. The Morgan fingerprint density at radius 3 is 2.35 bits per heavy atom. The molecule has 0 spiro atoms. The molecule has 0 aliphatic heterocycles. The number of aryl methyl sites for hydroxylation is 2. The summed E-state index contributed by atoms with van der Waals surface area (Å²) in [6.45, 7) is 4.75. The summed E-state index contributed by atoms with van der Waals surface area (Å²) in [5.41, 5.74) is 4.95. The molecule has 0 aliphatic rings. The Hall–Kier alpha value is -1.87. The van der Waals surface area contributed by atoms with E-state index in [9.17, 15) is 4.39 Å². The molecule has 2 aromatic rings. The Morgan fingerprint density at radius 1 is 1.10 bits per heavy atom. The summed E-state index contributed by atoms with van der Waals surface area (Å²) in [4.78, 5) is 1.92. The lowest BCUT2D eigenvalue weighted by Crippen LogP contribution is -2.16. The molecule has 0 radical (unpaired) electrons. The van der Waals surface area contributed by atoms with Gasteiger partial charge in [-0.2, -0.15) is 0 Å². The molecule has 0 aliphatic carbocycles. The Balaban J connectivity index is 2.49. The smallest absolute Gasteiger partial charge is 0.147 e. The van der Waals surface area contributed by atoms with E-state index in [0.29, 0.717) is 12.2 Å². The van der Waals surface area contributed by atoms with E-state index in [2.05, 4.69) is 37.4 Å². The van der Waals surface area contributed by atoms with Gasteiger partial charge in [0.15, 0.2) is 0 Å². The monoisotopic (exact) mass is 272 g/mol. The number of halogens is 1. The first-order valence-electron chi connectivity index (χ1n) is 6.77. The number of rotatable bonds is 4. The SMILES string of the molecule is CNCc1cccc(F)c1N(C)c1cc(C)cc(C)c1. The van der Waals surface area contributed by atoms with Crippen LogP contribution in [-0.2, 0) is 6.54 Å². The van der Waals surface area contributed by atoms with Gasteiger partial charge in [0.1, 0.15) is 5.82 Å². The van der Waals surface area contributed by atoms with Crippen LogP contribution in [0.2, 0.25) is 0 Å². The third kappa shape index (κ3) is 2.99. The molecule has 0 heterocycles. The van der Waals surface area contributed by atoms with Gasteiger partial charge in [-0.15, -0.1) is 0 Å². The number of hydrogen-bond acceptors (Lipinski definition) is 2. The van der Waals surface area contributed by atoms with Crippen molar-refractivity contribution in [1.82, 2.24) is 5.32 Å². The summed E-state index contributed by atoms with van der Waals surface area (Å²) in [5.74, 6) is -0.195. The van der Waals surface area contributed by atoms with Crippen LogP contribution in [0.5, 0.6) is 0 Å². The Bertz CT molecular complexity index is 588. The number of nitrogens with one attached hydrogen (secondary N) is 1. The largest absolute Gasteiger partial charge is 0.342 e. The maximum atomic E-state index is 14.2. The van der Waals surface area contributed by atoms with Gasteiger partial charge in [0.25, 0.3) is 0 Å². The summed E-state index contributed by atoms with van der Waals surface area (Å²) >= 11 is 0. The highest BCUT2D eigenvalue weighted by molar-refractivity contribution is 5.67. The Kier molecular flexibility index (Phi) is 4.40. The first-order valence-corrected chi connectivity index (χ1v) is 6.77. The van der Waals surface area contributed by atoms with Gasteiger partial charge in [-0.1, -0.05) is 18.2 Å². The van der Waals surface area contributed by atoms with Crippen molar-refractivity contribution >= 4 is 11.4 Å². The van der Waals surface area contributed by atoms with Crippen molar-refractivity contribution in [3.05, 3.63) is 58.9 Å². The summed E-state index contributed by atoms with van der Waals surface area (Å²) in [6.07, 6.45) is 0. The van der Waals surface area contributed by atoms with Crippen LogP contribution in [0.15, 0.2) is 36.4 Å². The molecule has 0 unspecified atom stereocenters. The predicted octanol–water partition coefficient (Wildman–Crippen LogP) is 3.93. The molecular weight excluding hydrogens is 251 g/mol. The van der Waals surface area contributed by atoms with Crippen molar-refractivity contribution in [2.24, 2.45) is 0 Å². The fraction of sp³-hybridized carbons (Fsp3) is 0.294. The zero-order chi connectivity index (χ0) is 14.7. The van der Waals surface area contributed by atoms with Gasteiger partial charge in [0.2, 0.25) is 0 Å². The lowest BCUT2D eigenvalue weighted by molar-refractivity contribution is 0.623. The highest BCUT2D eigenvalue weighted by Gasteiger charge is 2.14. The van der Waals surface area contributed by atoms with Crippen LogP contribution < -0.4 is 10.2 Å². The normalized spacial score (nSPS) is 10.7. The second kappa shape index (κ2) is 6.06. The zero-order valence-electron chi connectivity index (χ0n) is 12.5. The minimum atomic E-state index is -0.195. The van der Waals surface area contributed by atoms with E-state index in [1.54, 1.807) is 6.07 Å². The molecule has 0 fully saturated rings. The van der Waals surface area contributed by atoms with Gasteiger partial charge in [0.05, 0.1) is 5.69 Å². The minimum Gasteiger partial charge on any atom is -0.342 e. The molecule has 106 valence electrons. The highest BCUT2D eigenvalue weighted by atomic mass is 19.1. The van der Waals surface area contributed by atoms with E-state index in [1.807, 2.05) is 25.1 Å². The summed E-state index contributed by atoms with van der Waals surface area (Å²) in [5, 5.41) is 3.09. The van der Waals surface area contributed by atoms with Crippen molar-refractivity contribution in [2.45, 2.75) is 20.4 Å². The van der Waals surface area contributed by atoms with Crippen molar-refractivity contribution in [3.63, 3.8) is 0 Å². The molecule has 0 aromatic heterocycles. The maximum absolute atomic E-state index is 14.2. The van der Waals surface area contributed by atoms with Crippen molar-refractivity contribution in [1.29, 1.82) is 0 Å². The lowest BCUT2D eigenvalue weighted by atomic mass is 10.1. The molecule has 0 saturated heterocycles. The molecule has 3 heteroatoms. The minimum absolute atomic E-state index is 0.195. The fourth-order valence-electron chi connectivity index (χ4n) is 2.54. The first-order chi connectivity index (χ1) is 9.52. The average Bonchev–Trinajstić information content (AvgIpc) is 2.37. The van der Waals surface area contributed by atoms with E-state index in [0.717, 1.165) is 11.3 Å². The fourth-order valence-corrected chi connectivity index (χ4v) is 2.54. The van der Waals surface area contributed by atoms with Gasteiger partial charge in [-0.25, -0.2) is 4.39 Å². The molecule has 2 aromatic carbocycles. The van der Waals surface area contributed by atoms with Crippen LogP contribution in [0.4, 0.5) is 15.8 Å². The van der Waals surface area contributed by atoms with Crippen LogP contribution >= 0.6 is 0 Å². The molecule has 1 N–H and O–H groups in total. The quantitative estimate of drug-likeness (QED) is 0.907. The highest BCUT2D eigenvalue weighted by Crippen LogP contribution is 2.31. The molecule has 0 saturated carbocycles. The van der Waals surface area contributed by atoms with Crippen LogP contribution in [0, 0.1) is 19.7 Å². The lowest BCUT2D eigenvalue weighted by Gasteiger charge is -2.24. The van der Waals surface area contributed by atoms with E-state index in [1.165, 1.54) is 17.2 Å². The van der Waals surface area contributed by atoms with Crippen LogP contribution in [0.1, 0.15) is 16.7 Å². The van der Waals surface area contributed by atoms with Crippen LogP contribution in [-0.4, -0.2) is 14.1 Å². The molecule has 0 amide bonds. The van der Waals surface area contributed by atoms with E-state index in [4.69, 9.17) is 0 Å². The van der Waals surface area contributed by atoms with Gasteiger partial charge < -0.3 is 10.2 Å². The standard InChI is InChI=1S/C17H21FN2/c1-12-8-13(2)10-15(9-12)20(4)17-14(11-19-3)6-5-7-16(17)18/h5-10,19H,11H2,1-4H3. The molecular formula is C17H21FN2. The van der Waals surface area contributed by atoms with Crippen LogP contribution in [0.25, 0.3) is 0 Å². The zero-order valence-corrected chi connectivity index (χ0v) is 12.5. The first kappa shape index (κ1) is 14.5. The van der Waals surface area contributed by atoms with Gasteiger partial charge in [-0.3, -0.25) is 0 Å². The number of para-hydroxylation sites is 1. The summed E-state index contributed by atoms with van der Waals surface area (Å²) < 4.78 is 14.2. The van der Waals surface area contributed by atoms with Crippen molar-refractivity contribution in [2.75, 3.05) is 19.0 Å². The molecule has 2 rings (SSSR count). The Labute approximate surface area is 120 Å². The Morgan fingerprint density at radius 2 is 1.75 bits per heavy atom. The second-order valence-corrected chi connectivity index (χ2v) is 5.18. The van der Waals surface area contributed by atoms with Crippen molar-refractivity contribution < 1.29 is 4.39 Å². The van der Waals surface area contributed by atoms with E-state index >= 15 is 0 Å². The number of hydrogen-bond donors (Lipinski definition) is 1. The van der Waals surface area contributed by atoms with E-state index < -0.39 is 0 Å². The molecule has 2 nitrogen and oxygen atoms in total. The molecule has 20 heavy (non-hydrogen) atoms. The van der Waals surface area contributed by atoms with E-state index in [-0.39, 0.29) is 5.82 Å². The second-order valence-electron chi connectivity index (χ2n) is 5.18. The van der Waals surface area contributed by atoms with Crippen molar-refractivity contribution in [3.8, 4) is 0 Å². The molecule has 0 bridgehead atoms. The number of benzene rings is 2. The number of anilines is 2. The van der Waals surface area contributed by atoms with Gasteiger partial charge in [0, 0.05) is 19.3 Å². The maximum Gasteiger partial charge on any atom is 0.147 e. The average molecular weight is 272 g/mol. The van der Waals surface area contributed by atoms with Gasteiger partial charge >= 0.3 is 0 Å². The summed E-state index contributed by atoms with van der Waals surface area (Å²) in [6, 6.07) is 11.5. The molecule has 0 atom stereocenters. The third-order valence-electron chi connectivity index (χ3n) is 3.37. The summed E-state index contributed by atoms with van der Waals surface area (Å²) in [7, 11) is 3.78. The van der Waals surface area contributed by atoms with Gasteiger partial charge in [-0.05, 0) is 55.8 Å². The number of nitrogens with zero attached hydrogens (tertiary/aromatic N) is 1. The topological polar surface area (TPSA) is 15.3 Å². The predicted molar refractivity (Wildman–Crippen MR) is 83.1 cm³/mol. The van der Waals surface area contributed by atoms with Crippen LogP contribution in [0.3, 0.4) is 0 Å².